The molecular formula is C9H13ClO. The van der Waals surface area contributed by atoms with E-state index in [4.69, 9.17) is 11.6 Å². The minimum atomic E-state index is -0.0734. The summed E-state index contributed by atoms with van der Waals surface area (Å²) in [5.41, 5.74) is -0.0734. The fraction of sp³-hybridized carbons (Fsp3) is 0.889. The zero-order valence-electron chi connectivity index (χ0n) is 6.93. The lowest BCUT2D eigenvalue weighted by molar-refractivity contribution is -0.130. The molecule has 0 aliphatic heterocycles. The van der Waals surface area contributed by atoms with Crippen molar-refractivity contribution >= 4 is 17.4 Å². The largest absolute Gasteiger partial charge is 0.299 e. The van der Waals surface area contributed by atoms with Crippen LogP contribution in [0.3, 0.4) is 0 Å². The van der Waals surface area contributed by atoms with Crippen LogP contribution < -0.4 is 0 Å². The highest BCUT2D eigenvalue weighted by molar-refractivity contribution is 6.23. The molecule has 0 aromatic heterocycles. The Hall–Kier alpha value is -0.0400. The van der Waals surface area contributed by atoms with Crippen LogP contribution in [0.15, 0.2) is 0 Å². The molecule has 0 unspecified atom stereocenters. The van der Waals surface area contributed by atoms with Gasteiger partial charge in [0.25, 0.3) is 0 Å². The highest BCUT2D eigenvalue weighted by Gasteiger charge is 2.56. The van der Waals surface area contributed by atoms with Gasteiger partial charge in [-0.1, -0.05) is 13.8 Å². The van der Waals surface area contributed by atoms with Crippen LogP contribution in [0.2, 0.25) is 0 Å². The molecule has 2 rings (SSSR count). The summed E-state index contributed by atoms with van der Waals surface area (Å²) in [7, 11) is 0. The Balaban J connectivity index is 2.32. The number of carbonyl (C=O) groups is 1. The normalized spacial score (nSPS) is 46.8. The lowest BCUT2D eigenvalue weighted by atomic mass is 9.75. The van der Waals surface area contributed by atoms with E-state index in [1.54, 1.807) is 0 Å². The van der Waals surface area contributed by atoms with Gasteiger partial charge in [0.15, 0.2) is 0 Å². The summed E-state index contributed by atoms with van der Waals surface area (Å²) in [6, 6.07) is 0. The van der Waals surface area contributed by atoms with Gasteiger partial charge >= 0.3 is 0 Å². The minimum Gasteiger partial charge on any atom is -0.299 e. The first-order chi connectivity index (χ1) is 5.03. The van der Waals surface area contributed by atoms with Crippen LogP contribution in [0.4, 0.5) is 0 Å². The standard InChI is InChI=1S/C9H13ClO/c1-9(2)5-3-6(8(9)11)7(10)4-5/h5-7H,3-4H2,1-2H3/t5-,6+,7+/m1/s1. The predicted molar refractivity (Wildman–Crippen MR) is 44.6 cm³/mol. The molecule has 2 saturated carbocycles. The van der Waals surface area contributed by atoms with Crippen molar-refractivity contribution in [3.8, 4) is 0 Å². The summed E-state index contributed by atoms with van der Waals surface area (Å²) >= 11 is 6.01. The predicted octanol–water partition coefficient (Wildman–Crippen LogP) is 2.23. The molecule has 2 aliphatic rings. The average Bonchev–Trinajstić information content (AvgIpc) is 2.36. The van der Waals surface area contributed by atoms with Gasteiger partial charge in [0.2, 0.25) is 0 Å². The van der Waals surface area contributed by atoms with E-state index in [0.717, 1.165) is 12.8 Å². The Bertz CT molecular complexity index is 210. The van der Waals surface area contributed by atoms with Crippen molar-refractivity contribution in [2.24, 2.45) is 17.3 Å². The van der Waals surface area contributed by atoms with Crippen molar-refractivity contribution in [1.82, 2.24) is 0 Å². The van der Waals surface area contributed by atoms with Crippen molar-refractivity contribution < 1.29 is 4.79 Å². The molecule has 1 nitrogen and oxygen atoms in total. The van der Waals surface area contributed by atoms with Crippen molar-refractivity contribution in [2.75, 3.05) is 0 Å². The number of carbonyl (C=O) groups excluding carboxylic acids is 1. The van der Waals surface area contributed by atoms with E-state index in [2.05, 4.69) is 13.8 Å². The van der Waals surface area contributed by atoms with Crippen LogP contribution in [0.25, 0.3) is 0 Å². The Labute approximate surface area is 72.1 Å². The van der Waals surface area contributed by atoms with E-state index in [9.17, 15) is 4.79 Å². The fourth-order valence-corrected chi connectivity index (χ4v) is 2.96. The van der Waals surface area contributed by atoms with Crippen LogP contribution in [0.5, 0.6) is 0 Å². The van der Waals surface area contributed by atoms with Crippen LogP contribution >= 0.6 is 11.6 Å². The van der Waals surface area contributed by atoms with Crippen molar-refractivity contribution in [3.63, 3.8) is 0 Å². The first kappa shape index (κ1) is 7.60. The molecule has 2 bridgehead atoms. The Morgan fingerprint density at radius 3 is 2.45 bits per heavy atom. The number of ketones is 1. The molecule has 2 fully saturated rings. The zero-order valence-corrected chi connectivity index (χ0v) is 7.69. The number of halogens is 1. The molecular weight excluding hydrogens is 160 g/mol. The third kappa shape index (κ3) is 0.807. The second kappa shape index (κ2) is 2.01. The van der Waals surface area contributed by atoms with Crippen LogP contribution in [0.1, 0.15) is 26.7 Å². The molecule has 0 aromatic rings. The number of hydrogen-bond donors (Lipinski definition) is 0. The summed E-state index contributed by atoms with van der Waals surface area (Å²) < 4.78 is 0. The minimum absolute atomic E-state index is 0.0734. The second-order valence-corrected chi connectivity index (χ2v) is 4.94. The number of rotatable bonds is 0. The number of Topliss-reactive ketones (excluding diaryl/α,β-unsaturated/α-hetero) is 1. The van der Waals surface area contributed by atoms with Gasteiger partial charge in [-0.05, 0) is 18.8 Å². The molecule has 0 amide bonds. The number of hydrogen-bond acceptors (Lipinski definition) is 1. The highest BCUT2D eigenvalue weighted by Crippen LogP contribution is 2.54. The van der Waals surface area contributed by atoms with E-state index in [1.807, 2.05) is 0 Å². The van der Waals surface area contributed by atoms with Gasteiger partial charge in [0.05, 0.1) is 0 Å². The summed E-state index contributed by atoms with van der Waals surface area (Å²) in [6.45, 7) is 4.12. The maximum atomic E-state index is 11.6. The van der Waals surface area contributed by atoms with Crippen molar-refractivity contribution in [2.45, 2.75) is 32.1 Å². The van der Waals surface area contributed by atoms with Gasteiger partial charge in [0, 0.05) is 16.7 Å². The van der Waals surface area contributed by atoms with Crippen molar-refractivity contribution in [3.05, 3.63) is 0 Å². The number of fused-ring (bicyclic) bond motifs is 2. The van der Waals surface area contributed by atoms with E-state index in [-0.39, 0.29) is 16.7 Å². The van der Waals surface area contributed by atoms with E-state index in [1.165, 1.54) is 0 Å². The molecule has 0 saturated heterocycles. The fourth-order valence-electron chi connectivity index (χ4n) is 2.53. The lowest BCUT2D eigenvalue weighted by Gasteiger charge is -2.29. The molecule has 3 atom stereocenters. The summed E-state index contributed by atoms with van der Waals surface area (Å²) in [5, 5.41) is 0.139. The highest BCUT2D eigenvalue weighted by atomic mass is 35.5. The van der Waals surface area contributed by atoms with Crippen molar-refractivity contribution in [1.29, 1.82) is 0 Å². The molecule has 2 heteroatoms. The molecule has 62 valence electrons. The first-order valence-corrected chi connectivity index (χ1v) is 4.65. The summed E-state index contributed by atoms with van der Waals surface area (Å²) in [6.07, 6.45) is 2.09. The van der Waals surface area contributed by atoms with Gasteiger partial charge in [-0.15, -0.1) is 11.6 Å². The van der Waals surface area contributed by atoms with Gasteiger partial charge in [-0.2, -0.15) is 0 Å². The number of alkyl halides is 1. The van der Waals surface area contributed by atoms with Gasteiger partial charge < -0.3 is 0 Å². The van der Waals surface area contributed by atoms with Gasteiger partial charge in [0.1, 0.15) is 5.78 Å². The van der Waals surface area contributed by atoms with Crippen LogP contribution in [0, 0.1) is 17.3 Å². The van der Waals surface area contributed by atoms with E-state index >= 15 is 0 Å². The van der Waals surface area contributed by atoms with E-state index < -0.39 is 0 Å². The smallest absolute Gasteiger partial charge is 0.143 e. The molecule has 0 spiro atoms. The lowest BCUT2D eigenvalue weighted by Crippen LogP contribution is -2.35. The monoisotopic (exact) mass is 172 g/mol. The molecule has 11 heavy (non-hydrogen) atoms. The maximum absolute atomic E-state index is 11.6. The Morgan fingerprint density at radius 2 is 2.09 bits per heavy atom. The van der Waals surface area contributed by atoms with E-state index in [0.29, 0.717) is 11.7 Å². The maximum Gasteiger partial charge on any atom is 0.143 e. The van der Waals surface area contributed by atoms with Gasteiger partial charge in [-0.3, -0.25) is 4.79 Å². The Kier molecular flexibility index (Phi) is 1.39. The SMILES string of the molecule is CC1(C)C(=O)[C@H]2C[C@@H]1C[C@@H]2Cl. The first-order valence-electron chi connectivity index (χ1n) is 4.22. The quantitative estimate of drug-likeness (QED) is 0.513. The van der Waals surface area contributed by atoms with Crippen LogP contribution in [-0.4, -0.2) is 11.2 Å². The molecule has 0 radical (unpaired) electrons. The average molecular weight is 173 g/mol. The molecule has 0 N–H and O–H groups in total. The topological polar surface area (TPSA) is 17.1 Å². The Morgan fingerprint density at radius 1 is 1.45 bits per heavy atom. The summed E-state index contributed by atoms with van der Waals surface area (Å²) in [5.74, 6) is 1.13. The second-order valence-electron chi connectivity index (χ2n) is 4.38. The van der Waals surface area contributed by atoms with Gasteiger partial charge in [-0.25, -0.2) is 0 Å². The zero-order chi connectivity index (χ0) is 8.22. The molecule has 0 heterocycles. The third-order valence-electron chi connectivity index (χ3n) is 3.48. The molecule has 2 aliphatic carbocycles. The van der Waals surface area contributed by atoms with Crippen LogP contribution in [-0.2, 0) is 4.79 Å². The summed E-state index contributed by atoms with van der Waals surface area (Å²) in [4.78, 5) is 11.6. The molecule has 0 aromatic carbocycles. The third-order valence-corrected chi connectivity index (χ3v) is 3.96.